The van der Waals surface area contributed by atoms with Gasteiger partial charge in [-0.2, -0.15) is 10.2 Å². The lowest BCUT2D eigenvalue weighted by molar-refractivity contribution is 0.204. The summed E-state index contributed by atoms with van der Waals surface area (Å²) < 4.78 is 1.89. The van der Waals surface area contributed by atoms with Crippen molar-refractivity contribution >= 4 is 10.9 Å². The Balaban J connectivity index is 1.34. The van der Waals surface area contributed by atoms with Gasteiger partial charge in [0.1, 0.15) is 0 Å². The Kier molecular flexibility index (Phi) is 4.72. The number of hydrogen-bond acceptors (Lipinski definition) is 3. The topological polar surface area (TPSA) is 65.5 Å². The summed E-state index contributed by atoms with van der Waals surface area (Å²) in [6.45, 7) is 5.53. The van der Waals surface area contributed by atoms with Crippen LogP contribution in [0.5, 0.6) is 0 Å². The quantitative estimate of drug-likeness (QED) is 0.538. The molecule has 150 valence electrons. The number of aryl methyl sites for hydroxylation is 2. The van der Waals surface area contributed by atoms with Crippen molar-refractivity contribution in [1.82, 2.24) is 29.9 Å². The second-order valence-corrected chi connectivity index (χ2v) is 8.20. The molecular formula is C23H28N6. The summed E-state index contributed by atoms with van der Waals surface area (Å²) in [7, 11) is 1.98. The van der Waals surface area contributed by atoms with Crippen LogP contribution in [0.1, 0.15) is 42.4 Å². The van der Waals surface area contributed by atoms with E-state index in [9.17, 15) is 0 Å². The molecule has 29 heavy (non-hydrogen) atoms. The van der Waals surface area contributed by atoms with Gasteiger partial charge in [-0.05, 0) is 61.5 Å². The highest BCUT2D eigenvalue weighted by molar-refractivity contribution is 5.91. The van der Waals surface area contributed by atoms with Crippen molar-refractivity contribution in [2.24, 2.45) is 7.05 Å². The largest absolute Gasteiger partial charge is 0.354 e. The Bertz CT molecular complexity index is 1100. The molecule has 4 aromatic rings. The van der Waals surface area contributed by atoms with Crippen molar-refractivity contribution < 1.29 is 0 Å². The third-order valence-electron chi connectivity index (χ3n) is 6.29. The van der Waals surface area contributed by atoms with Crippen LogP contribution in [0.3, 0.4) is 0 Å². The Morgan fingerprint density at radius 3 is 2.72 bits per heavy atom. The Morgan fingerprint density at radius 1 is 1.17 bits per heavy atom. The summed E-state index contributed by atoms with van der Waals surface area (Å²) in [4.78, 5) is 6.16. The van der Waals surface area contributed by atoms with Crippen molar-refractivity contribution in [3.63, 3.8) is 0 Å². The molecule has 6 nitrogen and oxygen atoms in total. The first-order chi connectivity index (χ1) is 14.2. The van der Waals surface area contributed by atoms with Crippen molar-refractivity contribution in [2.45, 2.75) is 38.6 Å². The predicted molar refractivity (Wildman–Crippen MR) is 116 cm³/mol. The number of piperidine rings is 1. The van der Waals surface area contributed by atoms with Crippen molar-refractivity contribution in [3.8, 4) is 11.3 Å². The maximum atomic E-state index is 4.29. The third-order valence-corrected chi connectivity index (χ3v) is 6.29. The highest BCUT2D eigenvalue weighted by Crippen LogP contribution is 2.35. The minimum atomic E-state index is 0.640. The number of H-pyrrole nitrogens is 2. The lowest BCUT2D eigenvalue weighted by atomic mass is 9.88. The molecule has 4 heterocycles. The van der Waals surface area contributed by atoms with Crippen LogP contribution in [0.15, 0.2) is 43.0 Å². The molecule has 0 atom stereocenters. The molecule has 1 aliphatic rings. The normalized spacial score (nSPS) is 16.1. The van der Waals surface area contributed by atoms with E-state index >= 15 is 0 Å². The van der Waals surface area contributed by atoms with Crippen LogP contribution in [-0.2, 0) is 20.0 Å². The molecule has 1 fully saturated rings. The fourth-order valence-electron chi connectivity index (χ4n) is 4.76. The van der Waals surface area contributed by atoms with Gasteiger partial charge in [-0.25, -0.2) is 0 Å². The number of likely N-dealkylation sites (tertiary alicyclic amines) is 1. The van der Waals surface area contributed by atoms with Crippen molar-refractivity contribution in [3.05, 3.63) is 59.7 Å². The molecule has 1 aromatic carbocycles. The average Bonchev–Trinajstić information content (AvgIpc) is 3.47. The SMILES string of the molecule is CCc1c(-c2cn[nH]c2)[nH]c2ccc(C3CCN(Cc4cnn(C)c4)CC3)cc12. The minimum Gasteiger partial charge on any atom is -0.354 e. The standard InChI is InChI=1S/C23H28N6/c1-3-20-21-10-18(4-5-22(21)27-23(20)19-12-24-25-13-19)17-6-8-29(9-7-17)15-16-11-26-28(2)14-16/h4-5,10-14,17,27H,3,6-9,15H2,1-2H3,(H,24,25). The highest BCUT2D eigenvalue weighted by atomic mass is 15.2. The number of rotatable bonds is 5. The monoisotopic (exact) mass is 388 g/mol. The van der Waals surface area contributed by atoms with E-state index in [4.69, 9.17) is 0 Å². The maximum Gasteiger partial charge on any atom is 0.0580 e. The fraction of sp³-hybridized carbons (Fsp3) is 0.391. The van der Waals surface area contributed by atoms with E-state index < -0.39 is 0 Å². The minimum absolute atomic E-state index is 0.640. The van der Waals surface area contributed by atoms with Gasteiger partial charge < -0.3 is 4.98 Å². The van der Waals surface area contributed by atoms with Crippen LogP contribution in [-0.4, -0.2) is 43.0 Å². The number of aromatic nitrogens is 5. The molecule has 0 radical (unpaired) electrons. The molecule has 1 aliphatic heterocycles. The first-order valence-electron chi connectivity index (χ1n) is 10.5. The summed E-state index contributed by atoms with van der Waals surface area (Å²) in [6.07, 6.45) is 11.4. The molecule has 3 aromatic heterocycles. The van der Waals surface area contributed by atoms with E-state index in [1.807, 2.05) is 30.3 Å². The van der Waals surface area contributed by atoms with Crippen LogP contribution in [0.25, 0.3) is 22.2 Å². The summed E-state index contributed by atoms with van der Waals surface area (Å²) in [5, 5.41) is 12.7. The number of benzene rings is 1. The Morgan fingerprint density at radius 2 is 2.03 bits per heavy atom. The maximum absolute atomic E-state index is 4.29. The smallest absolute Gasteiger partial charge is 0.0580 e. The number of hydrogen-bond donors (Lipinski definition) is 2. The van der Waals surface area contributed by atoms with Gasteiger partial charge in [-0.1, -0.05) is 13.0 Å². The lowest BCUT2D eigenvalue weighted by Crippen LogP contribution is -2.32. The molecule has 0 aliphatic carbocycles. The highest BCUT2D eigenvalue weighted by Gasteiger charge is 2.22. The van der Waals surface area contributed by atoms with Gasteiger partial charge in [0.2, 0.25) is 0 Å². The Labute approximate surface area is 170 Å². The van der Waals surface area contributed by atoms with Crippen molar-refractivity contribution in [1.29, 1.82) is 0 Å². The molecule has 2 N–H and O–H groups in total. The van der Waals surface area contributed by atoms with Gasteiger partial charge >= 0.3 is 0 Å². The zero-order valence-corrected chi connectivity index (χ0v) is 17.2. The van der Waals surface area contributed by atoms with E-state index in [2.05, 4.69) is 56.5 Å². The molecular weight excluding hydrogens is 360 g/mol. The molecule has 0 amide bonds. The van der Waals surface area contributed by atoms with Gasteiger partial charge in [0.15, 0.2) is 0 Å². The fourth-order valence-corrected chi connectivity index (χ4v) is 4.76. The summed E-state index contributed by atoms with van der Waals surface area (Å²) in [5.41, 5.74) is 7.71. The van der Waals surface area contributed by atoms with E-state index in [-0.39, 0.29) is 0 Å². The number of nitrogens with one attached hydrogen (secondary N) is 2. The third kappa shape index (κ3) is 3.49. The summed E-state index contributed by atoms with van der Waals surface area (Å²) in [6, 6.07) is 7.00. The number of aromatic amines is 2. The van der Waals surface area contributed by atoms with Crippen LogP contribution < -0.4 is 0 Å². The summed E-state index contributed by atoms with van der Waals surface area (Å²) in [5.74, 6) is 0.640. The van der Waals surface area contributed by atoms with Gasteiger partial charge in [0.05, 0.1) is 18.1 Å². The Hall–Kier alpha value is -2.86. The van der Waals surface area contributed by atoms with Crippen LogP contribution in [0, 0.1) is 0 Å². The number of fused-ring (bicyclic) bond motifs is 1. The van der Waals surface area contributed by atoms with Crippen molar-refractivity contribution in [2.75, 3.05) is 13.1 Å². The zero-order chi connectivity index (χ0) is 19.8. The second-order valence-electron chi connectivity index (χ2n) is 8.20. The second kappa shape index (κ2) is 7.52. The summed E-state index contributed by atoms with van der Waals surface area (Å²) >= 11 is 0. The van der Waals surface area contributed by atoms with Gasteiger partial charge in [-0.15, -0.1) is 0 Å². The van der Waals surface area contributed by atoms with Gasteiger partial charge in [0, 0.05) is 48.0 Å². The van der Waals surface area contributed by atoms with Crippen LogP contribution in [0.4, 0.5) is 0 Å². The molecule has 0 spiro atoms. The average molecular weight is 389 g/mol. The molecule has 6 heteroatoms. The number of nitrogens with zero attached hydrogens (tertiary/aromatic N) is 4. The lowest BCUT2D eigenvalue weighted by Gasteiger charge is -2.32. The first-order valence-corrected chi connectivity index (χ1v) is 10.5. The van der Waals surface area contributed by atoms with Crippen LogP contribution >= 0.6 is 0 Å². The van der Waals surface area contributed by atoms with E-state index in [0.717, 1.165) is 31.6 Å². The van der Waals surface area contributed by atoms with E-state index in [1.54, 1.807) is 0 Å². The molecule has 0 bridgehead atoms. The molecule has 1 saturated heterocycles. The van der Waals surface area contributed by atoms with Crippen LogP contribution in [0.2, 0.25) is 0 Å². The zero-order valence-electron chi connectivity index (χ0n) is 17.2. The van der Waals surface area contributed by atoms with E-state index in [0.29, 0.717) is 5.92 Å². The van der Waals surface area contributed by atoms with Gasteiger partial charge in [0.25, 0.3) is 0 Å². The van der Waals surface area contributed by atoms with E-state index in [1.165, 1.54) is 46.1 Å². The molecule has 0 saturated carbocycles. The first kappa shape index (κ1) is 18.2. The van der Waals surface area contributed by atoms with Gasteiger partial charge in [-0.3, -0.25) is 14.7 Å². The molecule has 0 unspecified atom stereocenters. The molecule has 5 rings (SSSR count). The predicted octanol–water partition coefficient (Wildman–Crippen LogP) is 4.23.